The quantitative estimate of drug-likeness (QED) is 0.650. The molecule has 0 radical (unpaired) electrons. The number of amides is 1. The number of hydrogen-bond acceptors (Lipinski definition) is 4. The first-order chi connectivity index (χ1) is 8.22. The van der Waals surface area contributed by atoms with Crippen molar-refractivity contribution in [2.75, 3.05) is 26.3 Å². The first kappa shape index (κ1) is 14.0. The second-order valence-corrected chi connectivity index (χ2v) is 3.91. The summed E-state index contributed by atoms with van der Waals surface area (Å²) in [5.41, 5.74) is 1.60. The predicted molar refractivity (Wildman–Crippen MR) is 69.2 cm³/mol. The van der Waals surface area contributed by atoms with Gasteiger partial charge in [0.25, 0.3) is 5.91 Å². The Morgan fingerprint density at radius 3 is 2.06 bits per heavy atom. The third-order valence-electron chi connectivity index (χ3n) is 2.41. The molecule has 0 heterocycles. The van der Waals surface area contributed by atoms with Gasteiger partial charge in [0, 0.05) is 24.4 Å². The molecule has 0 aromatic heterocycles. The molecule has 0 spiro atoms. The normalized spacial score (nSPS) is 10.3. The average Bonchev–Trinajstić information content (AvgIpc) is 2.38. The molecular formula is C12H17NO3S. The topological polar surface area (TPSA) is 60.8 Å². The Kier molecular flexibility index (Phi) is 6.04. The van der Waals surface area contributed by atoms with Gasteiger partial charge < -0.3 is 15.1 Å². The van der Waals surface area contributed by atoms with E-state index in [1.807, 2.05) is 12.1 Å². The van der Waals surface area contributed by atoms with E-state index in [2.05, 4.69) is 12.6 Å². The van der Waals surface area contributed by atoms with E-state index in [1.165, 1.54) is 4.90 Å². The van der Waals surface area contributed by atoms with Crippen LogP contribution < -0.4 is 0 Å². The molecule has 0 bridgehead atoms. The van der Waals surface area contributed by atoms with E-state index in [4.69, 9.17) is 10.2 Å². The number of nitrogens with zero attached hydrogens (tertiary/aromatic N) is 1. The number of aliphatic hydroxyl groups is 2. The standard InChI is InChI=1S/C12H17NO3S/c14-7-5-13(6-8-15)12(16)11-3-1-10(9-17)2-4-11/h1-4,14-15,17H,5-9H2. The SMILES string of the molecule is O=C(c1ccc(CS)cc1)N(CCO)CCO. The van der Waals surface area contributed by atoms with Crippen molar-refractivity contribution in [1.82, 2.24) is 4.90 Å². The van der Waals surface area contributed by atoms with Crippen molar-refractivity contribution in [1.29, 1.82) is 0 Å². The summed E-state index contributed by atoms with van der Waals surface area (Å²) in [4.78, 5) is 13.4. The minimum absolute atomic E-state index is 0.111. The van der Waals surface area contributed by atoms with Crippen molar-refractivity contribution in [3.05, 3.63) is 35.4 Å². The smallest absolute Gasteiger partial charge is 0.254 e. The fraction of sp³-hybridized carbons (Fsp3) is 0.417. The van der Waals surface area contributed by atoms with Gasteiger partial charge in [-0.25, -0.2) is 0 Å². The van der Waals surface area contributed by atoms with Gasteiger partial charge in [-0.05, 0) is 17.7 Å². The van der Waals surface area contributed by atoms with Crippen LogP contribution in [0.1, 0.15) is 15.9 Å². The number of aliphatic hydroxyl groups excluding tert-OH is 2. The molecule has 0 saturated carbocycles. The number of hydrogen-bond donors (Lipinski definition) is 3. The summed E-state index contributed by atoms with van der Waals surface area (Å²) in [5.74, 6) is 0.449. The highest BCUT2D eigenvalue weighted by molar-refractivity contribution is 7.79. The van der Waals surface area contributed by atoms with Crippen LogP contribution in [0.25, 0.3) is 0 Å². The molecule has 1 amide bonds. The Bertz CT molecular complexity index is 347. The summed E-state index contributed by atoms with van der Waals surface area (Å²) in [6.07, 6.45) is 0. The second kappa shape index (κ2) is 7.32. The zero-order chi connectivity index (χ0) is 12.7. The summed E-state index contributed by atoms with van der Waals surface area (Å²) >= 11 is 4.14. The highest BCUT2D eigenvalue weighted by atomic mass is 32.1. The molecule has 1 aromatic rings. The van der Waals surface area contributed by atoms with Gasteiger partial charge in [0.15, 0.2) is 0 Å². The van der Waals surface area contributed by atoms with E-state index in [-0.39, 0.29) is 32.2 Å². The van der Waals surface area contributed by atoms with Crippen LogP contribution >= 0.6 is 12.6 Å². The van der Waals surface area contributed by atoms with Crippen LogP contribution in [0, 0.1) is 0 Å². The minimum atomic E-state index is -0.182. The summed E-state index contributed by atoms with van der Waals surface area (Å²) in [5, 5.41) is 17.7. The number of thiol groups is 1. The molecule has 5 heteroatoms. The average molecular weight is 255 g/mol. The van der Waals surface area contributed by atoms with Crippen molar-refractivity contribution in [2.45, 2.75) is 5.75 Å². The Labute approximate surface area is 106 Å². The van der Waals surface area contributed by atoms with Gasteiger partial charge in [-0.2, -0.15) is 12.6 Å². The summed E-state index contributed by atoms with van der Waals surface area (Å²) in [7, 11) is 0. The molecule has 94 valence electrons. The monoisotopic (exact) mass is 255 g/mol. The van der Waals surface area contributed by atoms with Gasteiger partial charge in [0.2, 0.25) is 0 Å². The second-order valence-electron chi connectivity index (χ2n) is 3.59. The van der Waals surface area contributed by atoms with Crippen LogP contribution in [0.4, 0.5) is 0 Å². The van der Waals surface area contributed by atoms with E-state index in [0.29, 0.717) is 11.3 Å². The molecule has 0 fully saturated rings. The number of benzene rings is 1. The van der Waals surface area contributed by atoms with Crippen LogP contribution in [-0.4, -0.2) is 47.3 Å². The van der Waals surface area contributed by atoms with Crippen molar-refractivity contribution < 1.29 is 15.0 Å². The Morgan fingerprint density at radius 2 is 1.65 bits per heavy atom. The molecule has 0 saturated heterocycles. The summed E-state index contributed by atoms with van der Waals surface area (Å²) in [6, 6.07) is 7.15. The summed E-state index contributed by atoms with van der Waals surface area (Å²) < 4.78 is 0. The van der Waals surface area contributed by atoms with E-state index in [1.54, 1.807) is 12.1 Å². The van der Waals surface area contributed by atoms with Crippen LogP contribution in [0.15, 0.2) is 24.3 Å². The highest BCUT2D eigenvalue weighted by Gasteiger charge is 2.14. The number of rotatable bonds is 6. The first-order valence-electron chi connectivity index (χ1n) is 5.43. The van der Waals surface area contributed by atoms with Crippen LogP contribution in [0.3, 0.4) is 0 Å². The Balaban J connectivity index is 2.77. The molecule has 1 aromatic carbocycles. The molecular weight excluding hydrogens is 238 g/mol. The van der Waals surface area contributed by atoms with E-state index >= 15 is 0 Å². The van der Waals surface area contributed by atoms with Crippen LogP contribution in [-0.2, 0) is 5.75 Å². The van der Waals surface area contributed by atoms with Gasteiger partial charge in [-0.15, -0.1) is 0 Å². The third-order valence-corrected chi connectivity index (χ3v) is 2.78. The summed E-state index contributed by atoms with van der Waals surface area (Å²) in [6.45, 7) is 0.238. The van der Waals surface area contributed by atoms with Gasteiger partial charge in [0.05, 0.1) is 13.2 Å². The molecule has 4 nitrogen and oxygen atoms in total. The number of carbonyl (C=O) groups excluding carboxylic acids is 1. The molecule has 0 atom stereocenters. The van der Waals surface area contributed by atoms with Crippen molar-refractivity contribution in [3.8, 4) is 0 Å². The maximum atomic E-state index is 12.0. The third kappa shape index (κ3) is 4.03. The van der Waals surface area contributed by atoms with Gasteiger partial charge in [-0.3, -0.25) is 4.79 Å². The van der Waals surface area contributed by atoms with Crippen molar-refractivity contribution in [3.63, 3.8) is 0 Å². The lowest BCUT2D eigenvalue weighted by Gasteiger charge is -2.20. The number of carbonyl (C=O) groups is 1. The Morgan fingerprint density at radius 1 is 1.12 bits per heavy atom. The van der Waals surface area contributed by atoms with Crippen molar-refractivity contribution in [2.24, 2.45) is 0 Å². The van der Waals surface area contributed by atoms with E-state index < -0.39 is 0 Å². The maximum Gasteiger partial charge on any atom is 0.254 e. The molecule has 17 heavy (non-hydrogen) atoms. The molecule has 0 aliphatic rings. The first-order valence-corrected chi connectivity index (χ1v) is 6.07. The van der Waals surface area contributed by atoms with E-state index in [9.17, 15) is 4.79 Å². The molecule has 2 N–H and O–H groups in total. The Hall–Kier alpha value is -1.04. The molecule has 0 aliphatic heterocycles. The predicted octanol–water partition coefficient (Wildman–Crippen LogP) is 0.543. The molecule has 1 rings (SSSR count). The maximum absolute atomic E-state index is 12.0. The fourth-order valence-corrected chi connectivity index (χ4v) is 1.70. The van der Waals surface area contributed by atoms with Gasteiger partial charge >= 0.3 is 0 Å². The zero-order valence-corrected chi connectivity index (χ0v) is 10.4. The van der Waals surface area contributed by atoms with Crippen LogP contribution in [0.2, 0.25) is 0 Å². The fourth-order valence-electron chi connectivity index (χ4n) is 1.49. The van der Waals surface area contributed by atoms with Crippen LogP contribution in [0.5, 0.6) is 0 Å². The highest BCUT2D eigenvalue weighted by Crippen LogP contribution is 2.09. The lowest BCUT2D eigenvalue weighted by Crippen LogP contribution is -2.35. The lowest BCUT2D eigenvalue weighted by atomic mass is 10.1. The lowest BCUT2D eigenvalue weighted by molar-refractivity contribution is 0.0685. The van der Waals surface area contributed by atoms with Crippen molar-refractivity contribution >= 4 is 18.5 Å². The zero-order valence-electron chi connectivity index (χ0n) is 9.54. The van der Waals surface area contributed by atoms with E-state index in [0.717, 1.165) is 5.56 Å². The van der Waals surface area contributed by atoms with Gasteiger partial charge in [-0.1, -0.05) is 12.1 Å². The molecule has 0 unspecified atom stereocenters. The van der Waals surface area contributed by atoms with Gasteiger partial charge in [0.1, 0.15) is 0 Å². The molecule has 0 aliphatic carbocycles. The minimum Gasteiger partial charge on any atom is -0.395 e. The largest absolute Gasteiger partial charge is 0.395 e.